The van der Waals surface area contributed by atoms with Crippen molar-refractivity contribution in [3.63, 3.8) is 0 Å². The lowest BCUT2D eigenvalue weighted by molar-refractivity contribution is -0.137. The van der Waals surface area contributed by atoms with E-state index < -0.39 is 11.7 Å². The van der Waals surface area contributed by atoms with Crippen LogP contribution < -0.4 is 5.32 Å². The van der Waals surface area contributed by atoms with Gasteiger partial charge in [-0.25, -0.2) is 4.98 Å². The molecule has 0 aliphatic heterocycles. The first-order valence-corrected chi connectivity index (χ1v) is 8.91. The van der Waals surface area contributed by atoms with Crippen molar-refractivity contribution >= 4 is 28.8 Å². The van der Waals surface area contributed by atoms with Crippen molar-refractivity contribution < 1.29 is 18.0 Å². The van der Waals surface area contributed by atoms with Crippen molar-refractivity contribution in [2.75, 3.05) is 5.32 Å². The van der Waals surface area contributed by atoms with Gasteiger partial charge in [0.25, 0.3) is 5.91 Å². The summed E-state index contributed by atoms with van der Waals surface area (Å²) in [5.74, 6) is -0.268. The van der Waals surface area contributed by atoms with Gasteiger partial charge in [-0.15, -0.1) is 0 Å². The molecule has 0 radical (unpaired) electrons. The van der Waals surface area contributed by atoms with Crippen molar-refractivity contribution in [2.45, 2.75) is 6.18 Å². The van der Waals surface area contributed by atoms with E-state index >= 15 is 0 Å². The lowest BCUT2D eigenvalue weighted by atomic mass is 10.1. The maximum Gasteiger partial charge on any atom is 0.417 e. The predicted octanol–water partition coefficient (Wildman–Crippen LogP) is 5.93. The third kappa shape index (κ3) is 3.95. The molecule has 0 atom stereocenters. The van der Waals surface area contributed by atoms with Gasteiger partial charge >= 0.3 is 6.18 Å². The summed E-state index contributed by atoms with van der Waals surface area (Å²) in [6.07, 6.45) is -2.10. The number of benzene rings is 2. The van der Waals surface area contributed by atoms with E-state index in [0.29, 0.717) is 22.5 Å². The van der Waals surface area contributed by atoms with Crippen LogP contribution in [0.5, 0.6) is 0 Å². The number of carbonyl (C=O) groups is 1. The molecular formula is C21H13ClF3N3O. The molecule has 0 unspecified atom stereocenters. The topological polar surface area (TPSA) is 46.4 Å². The van der Waals surface area contributed by atoms with E-state index in [-0.39, 0.29) is 16.6 Å². The SMILES string of the molecule is O=C(Nc1cccc(-c2cn3cc(C(F)(F)F)cc(Cl)c3n2)c1)c1ccccc1. The van der Waals surface area contributed by atoms with E-state index in [1.165, 1.54) is 10.6 Å². The van der Waals surface area contributed by atoms with Crippen LogP contribution in [0.2, 0.25) is 5.02 Å². The summed E-state index contributed by atoms with van der Waals surface area (Å²) in [5.41, 5.74) is 1.47. The van der Waals surface area contributed by atoms with Crippen LogP contribution in [0, 0.1) is 0 Å². The minimum absolute atomic E-state index is 0.0976. The average Bonchev–Trinajstić information content (AvgIpc) is 3.13. The molecule has 4 nitrogen and oxygen atoms in total. The molecule has 0 fully saturated rings. The van der Waals surface area contributed by atoms with Crippen LogP contribution in [0.1, 0.15) is 15.9 Å². The van der Waals surface area contributed by atoms with E-state index in [0.717, 1.165) is 12.3 Å². The Balaban J connectivity index is 1.67. The van der Waals surface area contributed by atoms with Crippen LogP contribution in [0.25, 0.3) is 16.9 Å². The van der Waals surface area contributed by atoms with Crippen LogP contribution in [-0.4, -0.2) is 15.3 Å². The second-order valence-corrected chi connectivity index (χ2v) is 6.74. The number of alkyl halides is 3. The minimum Gasteiger partial charge on any atom is -0.322 e. The Morgan fingerprint density at radius 2 is 1.76 bits per heavy atom. The summed E-state index contributed by atoms with van der Waals surface area (Å²) in [6, 6.07) is 16.5. The number of halogens is 4. The molecule has 29 heavy (non-hydrogen) atoms. The van der Waals surface area contributed by atoms with Crippen molar-refractivity contribution in [1.29, 1.82) is 0 Å². The zero-order chi connectivity index (χ0) is 20.6. The van der Waals surface area contributed by atoms with Crippen LogP contribution >= 0.6 is 11.6 Å². The highest BCUT2D eigenvalue weighted by atomic mass is 35.5. The Labute approximate surface area is 168 Å². The van der Waals surface area contributed by atoms with Crippen molar-refractivity contribution in [3.8, 4) is 11.3 Å². The average molecular weight is 416 g/mol. The second kappa shape index (κ2) is 7.25. The van der Waals surface area contributed by atoms with Gasteiger partial charge in [0.2, 0.25) is 0 Å². The molecule has 0 spiro atoms. The molecule has 0 aliphatic carbocycles. The molecule has 0 saturated carbocycles. The standard InChI is InChI=1S/C21H13ClF3N3O/c22-17-10-15(21(23,24)25)11-28-12-18(27-19(17)28)14-7-4-8-16(9-14)26-20(29)13-5-2-1-3-6-13/h1-12H,(H,26,29). The molecular weight excluding hydrogens is 403 g/mol. The van der Waals surface area contributed by atoms with Gasteiger partial charge in [-0.1, -0.05) is 41.9 Å². The first-order chi connectivity index (χ1) is 13.8. The molecule has 2 aromatic heterocycles. The zero-order valence-corrected chi connectivity index (χ0v) is 15.5. The van der Waals surface area contributed by atoms with Crippen LogP contribution in [0.4, 0.5) is 18.9 Å². The third-order valence-electron chi connectivity index (χ3n) is 4.29. The molecule has 1 N–H and O–H groups in total. The molecule has 2 heterocycles. The quantitative estimate of drug-likeness (QED) is 0.451. The smallest absolute Gasteiger partial charge is 0.322 e. The van der Waals surface area contributed by atoms with Crippen molar-refractivity contribution in [3.05, 3.63) is 89.2 Å². The van der Waals surface area contributed by atoms with Gasteiger partial charge in [0.1, 0.15) is 0 Å². The number of anilines is 1. The number of aromatic nitrogens is 2. The second-order valence-electron chi connectivity index (χ2n) is 6.33. The third-order valence-corrected chi connectivity index (χ3v) is 4.56. The normalized spacial score (nSPS) is 11.6. The molecule has 146 valence electrons. The molecule has 2 aromatic carbocycles. The summed E-state index contributed by atoms with van der Waals surface area (Å²) >= 11 is 6.00. The van der Waals surface area contributed by atoms with Gasteiger partial charge in [-0.05, 0) is 30.3 Å². The van der Waals surface area contributed by atoms with E-state index in [9.17, 15) is 18.0 Å². The zero-order valence-electron chi connectivity index (χ0n) is 14.7. The number of nitrogens with one attached hydrogen (secondary N) is 1. The van der Waals surface area contributed by atoms with Gasteiger partial charge in [0, 0.05) is 29.2 Å². The molecule has 0 saturated heterocycles. The van der Waals surface area contributed by atoms with E-state index in [4.69, 9.17) is 11.6 Å². The molecule has 1 amide bonds. The highest BCUT2D eigenvalue weighted by Gasteiger charge is 2.32. The Hall–Kier alpha value is -3.32. The van der Waals surface area contributed by atoms with Crippen molar-refractivity contribution in [1.82, 2.24) is 9.38 Å². The Bertz CT molecular complexity index is 1200. The lowest BCUT2D eigenvalue weighted by Gasteiger charge is -2.07. The lowest BCUT2D eigenvalue weighted by Crippen LogP contribution is -2.11. The number of fused-ring (bicyclic) bond motifs is 1. The summed E-state index contributed by atoms with van der Waals surface area (Å²) in [7, 11) is 0. The number of rotatable bonds is 3. The summed E-state index contributed by atoms with van der Waals surface area (Å²) in [6.45, 7) is 0. The monoisotopic (exact) mass is 415 g/mol. The molecule has 8 heteroatoms. The van der Waals surface area contributed by atoms with Gasteiger partial charge in [-0.2, -0.15) is 13.2 Å². The maximum atomic E-state index is 13.0. The number of hydrogen-bond acceptors (Lipinski definition) is 2. The minimum atomic E-state index is -4.51. The van der Waals surface area contributed by atoms with Gasteiger partial charge in [0.15, 0.2) is 5.65 Å². The first-order valence-electron chi connectivity index (χ1n) is 8.53. The number of nitrogens with zero attached hydrogens (tertiary/aromatic N) is 2. The highest BCUT2D eigenvalue weighted by molar-refractivity contribution is 6.33. The maximum absolute atomic E-state index is 13.0. The fourth-order valence-electron chi connectivity index (χ4n) is 2.90. The van der Waals surface area contributed by atoms with E-state index in [1.54, 1.807) is 48.5 Å². The first kappa shape index (κ1) is 19.0. The molecule has 4 rings (SSSR count). The largest absolute Gasteiger partial charge is 0.417 e. The van der Waals surface area contributed by atoms with Gasteiger partial charge in [-0.3, -0.25) is 4.79 Å². The Morgan fingerprint density at radius 1 is 1.00 bits per heavy atom. The van der Waals surface area contributed by atoms with Crippen molar-refractivity contribution in [2.24, 2.45) is 0 Å². The fourth-order valence-corrected chi connectivity index (χ4v) is 3.16. The molecule has 0 aliphatic rings. The van der Waals surface area contributed by atoms with Gasteiger partial charge in [0.05, 0.1) is 16.3 Å². The number of imidazole rings is 1. The number of pyridine rings is 1. The summed E-state index contributed by atoms with van der Waals surface area (Å²) in [4.78, 5) is 16.7. The Kier molecular flexibility index (Phi) is 4.76. The van der Waals surface area contributed by atoms with Crippen LogP contribution in [0.3, 0.4) is 0 Å². The van der Waals surface area contributed by atoms with Crippen LogP contribution in [0.15, 0.2) is 73.1 Å². The predicted molar refractivity (Wildman–Crippen MR) is 105 cm³/mol. The Morgan fingerprint density at radius 3 is 2.48 bits per heavy atom. The number of hydrogen-bond donors (Lipinski definition) is 1. The molecule has 4 aromatic rings. The van der Waals surface area contributed by atoms with E-state index in [1.807, 2.05) is 6.07 Å². The number of carbonyl (C=O) groups excluding carboxylic acids is 1. The van der Waals surface area contributed by atoms with E-state index in [2.05, 4.69) is 10.3 Å². The fraction of sp³-hybridized carbons (Fsp3) is 0.0476. The molecule has 0 bridgehead atoms. The summed E-state index contributed by atoms with van der Waals surface area (Å²) < 4.78 is 40.3. The van der Waals surface area contributed by atoms with Crippen LogP contribution in [-0.2, 0) is 6.18 Å². The highest BCUT2D eigenvalue weighted by Crippen LogP contribution is 2.33. The van der Waals surface area contributed by atoms with Gasteiger partial charge < -0.3 is 9.72 Å². The number of amides is 1. The summed E-state index contributed by atoms with van der Waals surface area (Å²) in [5, 5.41) is 2.70.